The Hall–Kier alpha value is -0.748. The molecule has 12 nitrogen and oxygen atoms in total. The van der Waals surface area contributed by atoms with Gasteiger partial charge >= 0.3 is 46.9 Å². The summed E-state index contributed by atoms with van der Waals surface area (Å²) in [5.41, 5.74) is 0. The van der Waals surface area contributed by atoms with E-state index in [1.54, 1.807) is 0 Å². The number of aliphatic hydroxyl groups excluding tert-OH is 4. The first-order valence-corrected chi connectivity index (χ1v) is 4.49. The Labute approximate surface area is 155 Å². The Morgan fingerprint density at radius 1 is 0.545 bits per heavy atom. The van der Waals surface area contributed by atoms with Crippen LogP contribution >= 0.6 is 0 Å². The minimum absolute atomic E-state index is 0. The van der Waals surface area contributed by atoms with Gasteiger partial charge < -0.3 is 60.0 Å². The molecule has 0 radical (unpaired) electrons. The summed E-state index contributed by atoms with van der Waals surface area (Å²) in [6.07, 6.45) is -9.76. The number of carboxylic acid groups (broad SMARTS) is 4. The van der Waals surface area contributed by atoms with Crippen molar-refractivity contribution in [1.29, 1.82) is 0 Å². The van der Waals surface area contributed by atoms with E-state index in [1.807, 2.05) is 0 Å². The Morgan fingerprint density at radius 2 is 0.636 bits per heavy atom. The topological polar surface area (TPSA) is 241 Å². The molecule has 4 atom stereocenters. The van der Waals surface area contributed by atoms with Gasteiger partial charge in [-0.15, -0.1) is 0 Å². The van der Waals surface area contributed by atoms with Crippen molar-refractivity contribution in [3.05, 3.63) is 0 Å². The fourth-order valence-corrected chi connectivity index (χ4v) is 0.516. The number of hydrogen-bond acceptors (Lipinski definition) is 12. The number of carboxylic acids is 4. The molecule has 0 amide bonds. The van der Waals surface area contributed by atoms with Crippen LogP contribution in [-0.4, -0.2) is 86.1 Å². The molecule has 116 valence electrons. The minimum Gasteiger partial charge on any atom is -0.547 e. The van der Waals surface area contributed by atoms with E-state index in [0.717, 1.165) is 0 Å². The second kappa shape index (κ2) is 13.9. The van der Waals surface area contributed by atoms with Gasteiger partial charge in [0, 0.05) is 0 Å². The van der Waals surface area contributed by atoms with Gasteiger partial charge in [-0.3, -0.25) is 0 Å². The molecule has 0 saturated carbocycles. The van der Waals surface area contributed by atoms with E-state index in [-0.39, 0.29) is 46.9 Å². The molecule has 0 aromatic carbocycles. The van der Waals surface area contributed by atoms with Crippen molar-refractivity contribution >= 4 is 41.2 Å². The molecule has 0 aliphatic heterocycles. The quantitative estimate of drug-likeness (QED) is 0.327. The molecule has 4 unspecified atom stereocenters. The van der Waals surface area contributed by atoms with Crippen LogP contribution in [0, 0.1) is 0 Å². The molecule has 0 aliphatic rings. The van der Waals surface area contributed by atoms with Crippen LogP contribution in [0.4, 0.5) is 0 Å². The average molecular weight is 346 g/mol. The van der Waals surface area contributed by atoms with Crippen molar-refractivity contribution in [3.8, 4) is 0 Å². The van der Waals surface area contributed by atoms with Crippen LogP contribution in [0.2, 0.25) is 0 Å². The SMILES string of the molecule is O=C([O-])C(O)C(O)C(=O)[O-].O=C([O-])C(O)C(O)C(=O)[O-].[Al+3].[Na+]. The standard InChI is InChI=1S/2C4H6O6.Al.Na/c2*5-1(3(7)8)2(6)4(9)10;;/h2*1-2,5-6H,(H,7,8)(H,9,10);;/q;;+3;+1/p-4. The smallest absolute Gasteiger partial charge is 0.547 e. The second-order valence-corrected chi connectivity index (χ2v) is 3.06. The van der Waals surface area contributed by atoms with E-state index < -0.39 is 48.3 Å². The predicted octanol–water partition coefficient (Wildman–Crippen LogP) is -13.0. The number of carbonyl (C=O) groups excluding carboxylic acids is 4. The Morgan fingerprint density at radius 3 is 0.682 bits per heavy atom. The van der Waals surface area contributed by atoms with Gasteiger partial charge in [-0.2, -0.15) is 0 Å². The molecule has 0 bridgehead atoms. The van der Waals surface area contributed by atoms with Gasteiger partial charge in [-0.05, 0) is 0 Å². The third-order valence-electron chi connectivity index (χ3n) is 1.56. The minimum atomic E-state index is -2.44. The van der Waals surface area contributed by atoms with Gasteiger partial charge in [0.1, 0.15) is 24.4 Å². The first-order valence-electron chi connectivity index (χ1n) is 4.49. The molecule has 0 aliphatic carbocycles. The molecule has 4 N–H and O–H groups in total. The van der Waals surface area contributed by atoms with Gasteiger partial charge in [-0.25, -0.2) is 0 Å². The summed E-state index contributed by atoms with van der Waals surface area (Å²) in [7, 11) is 0. The zero-order valence-corrected chi connectivity index (χ0v) is 14.1. The van der Waals surface area contributed by atoms with Gasteiger partial charge in [0.05, 0.1) is 23.9 Å². The van der Waals surface area contributed by atoms with Crippen LogP contribution in [-0.2, 0) is 19.2 Å². The van der Waals surface area contributed by atoms with Crippen LogP contribution in [0.1, 0.15) is 0 Å². The van der Waals surface area contributed by atoms with E-state index in [2.05, 4.69) is 0 Å². The molecule has 0 fully saturated rings. The molecule has 0 aromatic rings. The maximum atomic E-state index is 9.63. The predicted molar refractivity (Wildman–Crippen MR) is 49.8 cm³/mol. The second-order valence-electron chi connectivity index (χ2n) is 3.06. The van der Waals surface area contributed by atoms with Crippen molar-refractivity contribution in [2.75, 3.05) is 0 Å². The number of hydrogen-bond donors (Lipinski definition) is 4. The zero-order chi connectivity index (χ0) is 16.6. The number of carbonyl (C=O) groups is 4. The number of aliphatic carboxylic acids is 4. The van der Waals surface area contributed by atoms with Gasteiger partial charge in [0.2, 0.25) is 0 Å². The molecule has 0 aromatic heterocycles. The molecular weight excluding hydrogens is 338 g/mol. The summed E-state index contributed by atoms with van der Waals surface area (Å²) in [6.45, 7) is 0. The van der Waals surface area contributed by atoms with Crippen molar-refractivity contribution in [1.82, 2.24) is 0 Å². The van der Waals surface area contributed by atoms with Crippen LogP contribution in [0.25, 0.3) is 0 Å². The van der Waals surface area contributed by atoms with Crippen LogP contribution in [0.5, 0.6) is 0 Å². The molecular formula is C8H8AlNaO12. The molecule has 0 heterocycles. The summed E-state index contributed by atoms with van der Waals surface area (Å²) in [5.74, 6) is -8.23. The maximum Gasteiger partial charge on any atom is 3.00 e. The molecule has 0 saturated heterocycles. The van der Waals surface area contributed by atoms with Gasteiger partial charge in [0.25, 0.3) is 0 Å². The van der Waals surface area contributed by atoms with Crippen molar-refractivity contribution in [3.63, 3.8) is 0 Å². The molecule has 14 heteroatoms. The third kappa shape index (κ3) is 11.9. The average Bonchev–Trinajstić information content (AvgIpc) is 2.35. The van der Waals surface area contributed by atoms with E-state index in [4.69, 9.17) is 20.4 Å². The monoisotopic (exact) mass is 346 g/mol. The van der Waals surface area contributed by atoms with Crippen molar-refractivity contribution in [2.45, 2.75) is 24.4 Å². The normalized spacial score (nSPS) is 14.4. The Kier molecular flexibility index (Phi) is 18.5. The van der Waals surface area contributed by atoms with Gasteiger partial charge in [0.15, 0.2) is 0 Å². The fourth-order valence-electron chi connectivity index (χ4n) is 0.516. The summed E-state index contributed by atoms with van der Waals surface area (Å²) < 4.78 is 0. The van der Waals surface area contributed by atoms with Gasteiger partial charge in [-0.1, -0.05) is 0 Å². The Balaban J connectivity index is -0.000000135. The molecule has 22 heavy (non-hydrogen) atoms. The summed E-state index contributed by atoms with van der Waals surface area (Å²) >= 11 is 0. The first-order chi connectivity index (χ1) is 8.93. The number of aliphatic hydroxyl groups is 4. The summed E-state index contributed by atoms with van der Waals surface area (Å²) in [4.78, 5) is 38.5. The van der Waals surface area contributed by atoms with Crippen molar-refractivity contribution in [2.24, 2.45) is 0 Å². The summed E-state index contributed by atoms with van der Waals surface area (Å²) in [6, 6.07) is 0. The van der Waals surface area contributed by atoms with E-state index in [0.29, 0.717) is 0 Å². The largest absolute Gasteiger partial charge is 3.00 e. The van der Waals surface area contributed by atoms with E-state index in [1.165, 1.54) is 0 Å². The van der Waals surface area contributed by atoms with Crippen molar-refractivity contribution < 1.29 is 89.6 Å². The van der Waals surface area contributed by atoms with Crippen LogP contribution in [0.3, 0.4) is 0 Å². The van der Waals surface area contributed by atoms with Crippen LogP contribution in [0.15, 0.2) is 0 Å². The third-order valence-corrected chi connectivity index (χ3v) is 1.56. The zero-order valence-electron chi connectivity index (χ0n) is 10.9. The molecule has 0 rings (SSSR count). The van der Waals surface area contributed by atoms with Crippen LogP contribution < -0.4 is 50.0 Å². The number of rotatable bonds is 6. The maximum absolute atomic E-state index is 9.63. The Bertz CT molecular complexity index is 315. The fraction of sp³-hybridized carbons (Fsp3) is 0.500. The molecule has 0 spiro atoms. The van der Waals surface area contributed by atoms with E-state index in [9.17, 15) is 39.6 Å². The summed E-state index contributed by atoms with van der Waals surface area (Å²) in [5, 5.41) is 71.5. The first kappa shape index (κ1) is 29.3. The van der Waals surface area contributed by atoms with E-state index >= 15 is 0 Å².